The third-order valence-electron chi connectivity index (χ3n) is 5.83. The van der Waals surface area contributed by atoms with Gasteiger partial charge in [0, 0.05) is 17.6 Å². The van der Waals surface area contributed by atoms with E-state index in [1.165, 1.54) is 16.8 Å². The topological polar surface area (TPSA) is 160 Å². The first kappa shape index (κ1) is 26.7. The molecule has 13 heteroatoms. The number of nitrogens with zero attached hydrogens (tertiary/aromatic N) is 3. The van der Waals surface area contributed by atoms with Crippen molar-refractivity contribution in [2.75, 3.05) is 11.0 Å². The highest BCUT2D eigenvalue weighted by Crippen LogP contribution is 2.36. The number of fused-ring (bicyclic) bond motifs is 1. The first-order valence-corrected chi connectivity index (χ1v) is 14.5. The van der Waals surface area contributed by atoms with E-state index in [-0.39, 0.29) is 45.8 Å². The number of hydrogen-bond acceptors (Lipinski definition) is 8. The van der Waals surface area contributed by atoms with Crippen molar-refractivity contribution in [2.45, 2.75) is 64.3 Å². The molecular weight excluding hydrogens is 494 g/mol. The van der Waals surface area contributed by atoms with E-state index in [1.807, 2.05) is 34.6 Å². The fraction of sp³-hybridized carbons (Fsp3) is 0.500. The van der Waals surface area contributed by atoms with Crippen molar-refractivity contribution in [1.82, 2.24) is 14.5 Å². The monoisotopic (exact) mass is 525 g/mol. The normalized spacial score (nSPS) is 15.3. The fourth-order valence-electron chi connectivity index (χ4n) is 3.46. The number of rotatable bonds is 8. The molecule has 1 aromatic carbocycles. The zero-order chi connectivity index (χ0) is 26.3. The number of aromatic nitrogens is 2. The van der Waals surface area contributed by atoms with E-state index in [2.05, 4.69) is 19.5 Å². The fourth-order valence-corrected chi connectivity index (χ4v) is 5.20. The second-order valence-corrected chi connectivity index (χ2v) is 13.0. The Morgan fingerprint density at radius 1 is 1.26 bits per heavy atom. The number of nitrogens with one attached hydrogen (secondary N) is 2. The Bertz CT molecular complexity index is 1460. The smallest absolute Gasteiger partial charge is 0.281 e. The summed E-state index contributed by atoms with van der Waals surface area (Å²) in [6, 6.07) is 3.83. The van der Waals surface area contributed by atoms with Crippen LogP contribution in [0.5, 0.6) is 5.75 Å². The number of aliphatic imine (C=N–C) groups is 1. The molecule has 1 aliphatic heterocycles. The van der Waals surface area contributed by atoms with Crippen molar-refractivity contribution in [3.63, 3.8) is 0 Å². The molecule has 3 rings (SSSR count). The number of hydrogen-bond donors (Lipinski definition) is 3. The highest BCUT2D eigenvalue weighted by Gasteiger charge is 2.34. The van der Waals surface area contributed by atoms with Gasteiger partial charge in [0.25, 0.3) is 15.6 Å². The van der Waals surface area contributed by atoms with E-state index >= 15 is 0 Å². The lowest BCUT2D eigenvalue weighted by Crippen LogP contribution is -2.41. The Hall–Kier alpha value is -2.93. The third kappa shape index (κ3) is 5.67. The lowest BCUT2D eigenvalue weighted by atomic mass is 9.85. The first-order valence-electron chi connectivity index (χ1n) is 11.1. The Morgan fingerprint density at radius 2 is 1.91 bits per heavy atom. The van der Waals surface area contributed by atoms with Gasteiger partial charge in [-0.1, -0.05) is 34.6 Å². The van der Waals surface area contributed by atoms with Gasteiger partial charge in [0.1, 0.15) is 16.2 Å². The van der Waals surface area contributed by atoms with Crippen LogP contribution in [0.4, 0.5) is 11.4 Å². The minimum atomic E-state index is -4.24. The van der Waals surface area contributed by atoms with Crippen molar-refractivity contribution in [3.05, 3.63) is 39.8 Å². The van der Waals surface area contributed by atoms with Gasteiger partial charge in [-0.15, -0.1) is 0 Å². The second-order valence-electron chi connectivity index (χ2n) is 9.64. The van der Waals surface area contributed by atoms with Gasteiger partial charge in [-0.2, -0.15) is 5.10 Å². The van der Waals surface area contributed by atoms with Crippen LogP contribution in [0.1, 0.15) is 58.7 Å². The summed E-state index contributed by atoms with van der Waals surface area (Å²) in [7, 11) is -7.87. The molecule has 35 heavy (non-hydrogen) atoms. The van der Waals surface area contributed by atoms with Crippen LogP contribution in [0.3, 0.4) is 0 Å². The van der Waals surface area contributed by atoms with Gasteiger partial charge in [0.15, 0.2) is 11.6 Å². The molecule has 0 amide bonds. The van der Waals surface area contributed by atoms with Gasteiger partial charge < -0.3 is 5.11 Å². The molecule has 0 aliphatic carbocycles. The van der Waals surface area contributed by atoms with Crippen LogP contribution in [0, 0.1) is 5.92 Å². The molecular formula is C22H31N5O6S2. The number of benzene rings is 1. The van der Waals surface area contributed by atoms with Crippen LogP contribution >= 0.6 is 0 Å². The molecule has 192 valence electrons. The van der Waals surface area contributed by atoms with E-state index < -0.39 is 36.8 Å². The number of aromatic hydroxyl groups is 1. The molecule has 0 spiro atoms. The molecule has 11 nitrogen and oxygen atoms in total. The first-order chi connectivity index (χ1) is 16.1. The highest BCUT2D eigenvalue weighted by atomic mass is 32.2. The highest BCUT2D eigenvalue weighted by molar-refractivity contribution is 7.92. The van der Waals surface area contributed by atoms with E-state index in [0.29, 0.717) is 12.8 Å². The lowest BCUT2D eigenvalue weighted by Gasteiger charge is -2.26. The summed E-state index contributed by atoms with van der Waals surface area (Å²) in [5.74, 6) is -0.462. The largest absolute Gasteiger partial charge is 0.505 e. The maximum absolute atomic E-state index is 13.4. The molecule has 0 bridgehead atoms. The predicted molar refractivity (Wildman–Crippen MR) is 134 cm³/mol. The summed E-state index contributed by atoms with van der Waals surface area (Å²) in [5.41, 5.74) is -1.25. The Labute approximate surface area is 205 Å². The number of amidine groups is 1. The average Bonchev–Trinajstić information content (AvgIpc) is 2.72. The van der Waals surface area contributed by atoms with Crippen LogP contribution in [-0.2, 0) is 32.0 Å². The summed E-state index contributed by atoms with van der Waals surface area (Å²) in [4.78, 5) is 17.4. The standard InChI is InChI=1S/C22H31N5O6S2/c1-7-22(4,5)19-18(28)17(21(29)27(24-19)11-10-13(2)3)20-23-15-9-8-14(25-34(6,30)31)12-16(15)35(32,33)26-20/h8-9,12-13,25,28H,7,10-11H2,1-6H3,(H,23,26). The summed E-state index contributed by atoms with van der Waals surface area (Å²) < 4.78 is 54.9. The van der Waals surface area contributed by atoms with Crippen LogP contribution in [0.2, 0.25) is 0 Å². The predicted octanol–water partition coefficient (Wildman–Crippen LogP) is 2.42. The van der Waals surface area contributed by atoms with Crippen LogP contribution in [-0.4, -0.2) is 43.8 Å². The lowest BCUT2D eigenvalue weighted by molar-refractivity contribution is 0.384. The Morgan fingerprint density at radius 3 is 2.49 bits per heavy atom. The number of anilines is 1. The maximum atomic E-state index is 13.4. The quantitative estimate of drug-likeness (QED) is 0.477. The number of sulfonamides is 2. The molecule has 0 radical (unpaired) electrons. The minimum Gasteiger partial charge on any atom is -0.505 e. The van der Waals surface area contributed by atoms with Crippen LogP contribution in [0.15, 0.2) is 32.9 Å². The maximum Gasteiger partial charge on any atom is 0.281 e. The van der Waals surface area contributed by atoms with Gasteiger partial charge in [0.05, 0.1) is 11.9 Å². The third-order valence-corrected chi connectivity index (χ3v) is 7.80. The van der Waals surface area contributed by atoms with E-state index in [0.717, 1.165) is 12.3 Å². The molecule has 2 aromatic rings. The van der Waals surface area contributed by atoms with Crippen molar-refractivity contribution in [3.8, 4) is 5.75 Å². The van der Waals surface area contributed by atoms with Gasteiger partial charge in [-0.05, 0) is 37.0 Å². The summed E-state index contributed by atoms with van der Waals surface area (Å²) in [6.45, 7) is 9.96. The molecule has 0 saturated heterocycles. The summed E-state index contributed by atoms with van der Waals surface area (Å²) >= 11 is 0. The Kier molecular flexibility index (Phi) is 7.06. The van der Waals surface area contributed by atoms with Crippen LogP contribution < -0.4 is 15.0 Å². The SMILES string of the molecule is CCC(C)(C)c1nn(CCC(C)C)c(=O)c(C2=Nc3ccc(NS(C)(=O)=O)cc3S(=O)(=O)N2)c1O. The van der Waals surface area contributed by atoms with Crippen molar-refractivity contribution >= 4 is 37.3 Å². The zero-order valence-corrected chi connectivity index (χ0v) is 22.2. The second kappa shape index (κ2) is 9.26. The van der Waals surface area contributed by atoms with Gasteiger partial charge in [-0.25, -0.2) is 26.5 Å². The van der Waals surface area contributed by atoms with E-state index in [4.69, 9.17) is 0 Å². The number of aryl methyl sites for hydroxylation is 1. The van der Waals surface area contributed by atoms with Gasteiger partial charge in [-0.3, -0.25) is 14.2 Å². The molecule has 0 fully saturated rings. The average molecular weight is 526 g/mol. The summed E-state index contributed by atoms with van der Waals surface area (Å²) in [6.07, 6.45) is 2.20. The van der Waals surface area contributed by atoms with Gasteiger partial charge >= 0.3 is 0 Å². The van der Waals surface area contributed by atoms with Crippen molar-refractivity contribution in [1.29, 1.82) is 0 Å². The zero-order valence-electron chi connectivity index (χ0n) is 20.6. The molecule has 0 saturated carbocycles. The van der Waals surface area contributed by atoms with Crippen molar-refractivity contribution < 1.29 is 21.9 Å². The van der Waals surface area contributed by atoms with Gasteiger partial charge in [0.2, 0.25) is 10.0 Å². The van der Waals surface area contributed by atoms with Crippen LogP contribution in [0.25, 0.3) is 0 Å². The van der Waals surface area contributed by atoms with Crippen molar-refractivity contribution in [2.24, 2.45) is 10.9 Å². The summed E-state index contributed by atoms with van der Waals surface area (Å²) in [5, 5.41) is 15.5. The molecule has 0 atom stereocenters. The minimum absolute atomic E-state index is 0.00144. The molecule has 0 unspecified atom stereocenters. The molecule has 1 aliphatic rings. The Balaban J connectivity index is 2.25. The van der Waals surface area contributed by atoms with E-state index in [9.17, 15) is 26.7 Å². The molecule has 1 aromatic heterocycles. The molecule has 3 N–H and O–H groups in total. The molecule has 2 heterocycles. The van der Waals surface area contributed by atoms with E-state index in [1.54, 1.807) is 0 Å².